The molecule has 0 N–H and O–H groups in total. The van der Waals surface area contributed by atoms with Crippen molar-refractivity contribution in [2.45, 2.75) is 78.9 Å². The predicted octanol–water partition coefficient (Wildman–Crippen LogP) is 5.41. The van der Waals surface area contributed by atoms with Crippen LogP contribution in [0.2, 0.25) is 0 Å². The molecule has 0 aromatic heterocycles. The van der Waals surface area contributed by atoms with Crippen LogP contribution < -0.4 is 9.47 Å². The summed E-state index contributed by atoms with van der Waals surface area (Å²) in [6, 6.07) is 4.59. The maximum absolute atomic E-state index is 12.5. The van der Waals surface area contributed by atoms with Crippen molar-refractivity contribution in [2.75, 3.05) is 26.8 Å². The second-order valence-corrected chi connectivity index (χ2v) is 10.1. The standard InChI is InChI=1S/C26H41NO4/c1-7-10-30-25-13-19-8-9-27-16-20(11-17(2)3)23(31-26(28)12-18(4)5)15-22(27)21(19)14-24(25)29-6/h13-14,17-18,20,22-23H,7-12,15-16H2,1-6H3. The van der Waals surface area contributed by atoms with Crippen molar-refractivity contribution in [1.82, 2.24) is 4.90 Å². The minimum absolute atomic E-state index is 0.0251. The van der Waals surface area contributed by atoms with Crippen LogP contribution in [0.15, 0.2) is 12.1 Å². The summed E-state index contributed by atoms with van der Waals surface area (Å²) in [4.78, 5) is 15.1. The van der Waals surface area contributed by atoms with Gasteiger partial charge in [-0.05, 0) is 54.4 Å². The van der Waals surface area contributed by atoms with Gasteiger partial charge in [0.05, 0.1) is 13.7 Å². The van der Waals surface area contributed by atoms with Crippen molar-refractivity contribution >= 4 is 5.97 Å². The van der Waals surface area contributed by atoms with E-state index >= 15 is 0 Å². The molecule has 0 bridgehead atoms. The summed E-state index contributed by atoms with van der Waals surface area (Å²) in [7, 11) is 1.71. The Morgan fingerprint density at radius 3 is 2.58 bits per heavy atom. The van der Waals surface area contributed by atoms with Gasteiger partial charge in [-0.2, -0.15) is 0 Å². The molecule has 3 atom stereocenters. The SMILES string of the molecule is CCCOc1cc2c(cc1OC)C1CC(OC(=O)CC(C)C)C(CC(C)C)CN1CC2. The highest BCUT2D eigenvalue weighted by molar-refractivity contribution is 5.69. The van der Waals surface area contributed by atoms with Gasteiger partial charge in [-0.15, -0.1) is 0 Å². The third-order valence-corrected chi connectivity index (χ3v) is 6.44. The summed E-state index contributed by atoms with van der Waals surface area (Å²) in [5.41, 5.74) is 2.64. The third kappa shape index (κ3) is 5.94. The molecule has 0 radical (unpaired) electrons. The largest absolute Gasteiger partial charge is 0.493 e. The van der Waals surface area contributed by atoms with E-state index in [2.05, 4.69) is 51.7 Å². The van der Waals surface area contributed by atoms with E-state index < -0.39 is 0 Å². The maximum atomic E-state index is 12.5. The first-order valence-corrected chi connectivity index (χ1v) is 12.1. The molecule has 1 aromatic rings. The summed E-state index contributed by atoms with van der Waals surface area (Å²) in [5, 5.41) is 0. The van der Waals surface area contributed by atoms with Crippen molar-refractivity contribution in [3.63, 3.8) is 0 Å². The number of carbonyl (C=O) groups is 1. The first kappa shape index (κ1) is 23.9. The zero-order valence-corrected chi connectivity index (χ0v) is 20.3. The van der Waals surface area contributed by atoms with Gasteiger partial charge in [0.25, 0.3) is 0 Å². The number of methoxy groups -OCH3 is 1. The molecule has 31 heavy (non-hydrogen) atoms. The molecule has 5 nitrogen and oxygen atoms in total. The molecular formula is C26H41NO4. The molecule has 174 valence electrons. The number of carbonyl (C=O) groups excluding carboxylic acids is 1. The van der Waals surface area contributed by atoms with Crippen molar-refractivity contribution in [3.05, 3.63) is 23.3 Å². The van der Waals surface area contributed by atoms with Crippen molar-refractivity contribution in [3.8, 4) is 11.5 Å². The lowest BCUT2D eigenvalue weighted by molar-refractivity contribution is -0.158. The van der Waals surface area contributed by atoms with Gasteiger partial charge in [-0.25, -0.2) is 0 Å². The van der Waals surface area contributed by atoms with Crippen LogP contribution in [0.4, 0.5) is 0 Å². The Morgan fingerprint density at radius 2 is 1.94 bits per heavy atom. The van der Waals surface area contributed by atoms with Gasteiger partial charge < -0.3 is 14.2 Å². The third-order valence-electron chi connectivity index (χ3n) is 6.44. The van der Waals surface area contributed by atoms with Crippen LogP contribution in [0.25, 0.3) is 0 Å². The number of rotatable bonds is 9. The minimum atomic E-state index is -0.0564. The normalized spacial score (nSPS) is 23.4. The molecule has 2 aliphatic rings. The molecular weight excluding hydrogens is 390 g/mol. The molecule has 3 unspecified atom stereocenters. The van der Waals surface area contributed by atoms with Crippen LogP contribution in [0.5, 0.6) is 11.5 Å². The molecule has 1 fully saturated rings. The number of fused-ring (bicyclic) bond motifs is 3. The van der Waals surface area contributed by atoms with E-state index in [9.17, 15) is 4.79 Å². The van der Waals surface area contributed by atoms with Gasteiger partial charge >= 0.3 is 5.97 Å². The summed E-state index contributed by atoms with van der Waals surface area (Å²) in [6.07, 6.45) is 4.39. The molecule has 1 saturated heterocycles. The van der Waals surface area contributed by atoms with Crippen LogP contribution in [0, 0.1) is 17.8 Å². The van der Waals surface area contributed by atoms with Gasteiger partial charge in [0.15, 0.2) is 11.5 Å². The van der Waals surface area contributed by atoms with Crippen molar-refractivity contribution in [2.24, 2.45) is 17.8 Å². The number of hydrogen-bond donors (Lipinski definition) is 0. The van der Waals surface area contributed by atoms with E-state index in [-0.39, 0.29) is 18.1 Å². The number of esters is 1. The molecule has 0 saturated carbocycles. The molecule has 0 spiro atoms. The average molecular weight is 432 g/mol. The zero-order valence-electron chi connectivity index (χ0n) is 20.3. The lowest BCUT2D eigenvalue weighted by atomic mass is 9.79. The first-order chi connectivity index (χ1) is 14.8. The van der Waals surface area contributed by atoms with E-state index in [0.29, 0.717) is 30.8 Å². The molecule has 2 heterocycles. The van der Waals surface area contributed by atoms with Gasteiger partial charge in [-0.1, -0.05) is 34.6 Å². The molecule has 2 aliphatic heterocycles. The van der Waals surface area contributed by atoms with Gasteiger partial charge in [0.1, 0.15) is 6.10 Å². The van der Waals surface area contributed by atoms with E-state index in [4.69, 9.17) is 14.2 Å². The van der Waals surface area contributed by atoms with E-state index in [1.54, 1.807) is 7.11 Å². The highest BCUT2D eigenvalue weighted by Crippen LogP contribution is 2.44. The van der Waals surface area contributed by atoms with Crippen LogP contribution in [-0.2, 0) is 16.0 Å². The second kappa shape index (κ2) is 10.7. The molecule has 1 aromatic carbocycles. The van der Waals surface area contributed by atoms with Crippen LogP contribution >= 0.6 is 0 Å². The fourth-order valence-electron chi connectivity index (χ4n) is 5.10. The minimum Gasteiger partial charge on any atom is -0.493 e. The number of ether oxygens (including phenoxy) is 3. The highest BCUT2D eigenvalue weighted by atomic mass is 16.5. The molecule has 5 heteroatoms. The smallest absolute Gasteiger partial charge is 0.306 e. The summed E-state index contributed by atoms with van der Waals surface area (Å²) in [5.74, 6) is 2.87. The zero-order chi connectivity index (χ0) is 22.5. The van der Waals surface area contributed by atoms with Crippen molar-refractivity contribution < 1.29 is 19.0 Å². The van der Waals surface area contributed by atoms with Gasteiger partial charge in [0, 0.05) is 37.9 Å². The second-order valence-electron chi connectivity index (χ2n) is 10.1. The Labute approximate surface area is 188 Å². The fraction of sp³-hybridized carbons (Fsp3) is 0.731. The number of benzene rings is 1. The molecule has 0 aliphatic carbocycles. The Balaban J connectivity index is 1.85. The van der Waals surface area contributed by atoms with E-state index in [0.717, 1.165) is 50.3 Å². The molecule has 0 amide bonds. The van der Waals surface area contributed by atoms with Crippen LogP contribution in [-0.4, -0.2) is 43.8 Å². The number of hydrogen-bond acceptors (Lipinski definition) is 5. The van der Waals surface area contributed by atoms with Gasteiger partial charge in [0.2, 0.25) is 0 Å². The Bertz CT molecular complexity index is 745. The van der Waals surface area contributed by atoms with Crippen LogP contribution in [0.1, 0.15) is 77.5 Å². The first-order valence-electron chi connectivity index (χ1n) is 12.1. The van der Waals surface area contributed by atoms with Gasteiger partial charge in [-0.3, -0.25) is 9.69 Å². The fourth-order valence-corrected chi connectivity index (χ4v) is 5.10. The number of piperidine rings is 1. The number of nitrogens with zero attached hydrogens (tertiary/aromatic N) is 1. The Morgan fingerprint density at radius 1 is 1.16 bits per heavy atom. The predicted molar refractivity (Wildman–Crippen MR) is 124 cm³/mol. The summed E-state index contributed by atoms with van der Waals surface area (Å²) >= 11 is 0. The molecule has 3 rings (SSSR count). The Hall–Kier alpha value is -1.75. The summed E-state index contributed by atoms with van der Waals surface area (Å²) in [6.45, 7) is 13.5. The lowest BCUT2D eigenvalue weighted by Crippen LogP contribution is -2.49. The quantitative estimate of drug-likeness (QED) is 0.490. The average Bonchev–Trinajstić information content (AvgIpc) is 2.70. The monoisotopic (exact) mass is 431 g/mol. The van der Waals surface area contributed by atoms with E-state index in [1.165, 1.54) is 11.1 Å². The van der Waals surface area contributed by atoms with Crippen molar-refractivity contribution in [1.29, 1.82) is 0 Å². The lowest BCUT2D eigenvalue weighted by Gasteiger charge is -2.47. The highest BCUT2D eigenvalue weighted by Gasteiger charge is 2.41. The summed E-state index contributed by atoms with van der Waals surface area (Å²) < 4.78 is 17.7. The maximum Gasteiger partial charge on any atom is 0.306 e. The van der Waals surface area contributed by atoms with E-state index in [1.807, 2.05) is 0 Å². The Kier molecular flexibility index (Phi) is 8.26. The van der Waals surface area contributed by atoms with Crippen LogP contribution in [0.3, 0.4) is 0 Å². The topological polar surface area (TPSA) is 48.0 Å².